The van der Waals surface area contributed by atoms with Crippen LogP contribution in [-0.2, 0) is 31.9 Å². The molecule has 35 heavy (non-hydrogen) atoms. The number of rotatable bonds is 8. The maximum atomic E-state index is 13.0. The van der Waals surface area contributed by atoms with Crippen molar-refractivity contribution in [2.24, 2.45) is 14.1 Å². The molecule has 182 valence electrons. The van der Waals surface area contributed by atoms with Crippen LogP contribution in [0.15, 0.2) is 63.3 Å². The lowest BCUT2D eigenvalue weighted by Gasteiger charge is -2.10. The zero-order chi connectivity index (χ0) is 25.1. The van der Waals surface area contributed by atoms with Crippen LogP contribution in [0.5, 0.6) is 5.75 Å². The Bertz CT molecular complexity index is 1480. The summed E-state index contributed by atoms with van der Waals surface area (Å²) < 4.78 is 9.45. The van der Waals surface area contributed by atoms with Gasteiger partial charge in [0, 0.05) is 26.3 Å². The molecule has 0 unspecified atom stereocenters. The normalized spacial score (nSPS) is 11.1. The van der Waals surface area contributed by atoms with Crippen LogP contribution in [0.25, 0.3) is 11.2 Å². The maximum absolute atomic E-state index is 13.0. The standard InChI is InChI=1S/C25H27N5O4S/c1-16-5-9-18(10-6-16)26-20(31)15-35-24-27-22-21(23(32)29(3)25(33)28(22)2)30(24)14-13-17-7-11-19(34-4)12-8-17/h5-12H,13-15H2,1-4H3,(H,26,31). The van der Waals surface area contributed by atoms with Crippen molar-refractivity contribution in [2.45, 2.75) is 25.0 Å². The van der Waals surface area contributed by atoms with Gasteiger partial charge >= 0.3 is 5.69 Å². The third kappa shape index (κ3) is 5.17. The minimum atomic E-state index is -0.448. The zero-order valence-electron chi connectivity index (χ0n) is 20.1. The molecule has 2 aromatic carbocycles. The second-order valence-electron chi connectivity index (χ2n) is 8.22. The molecule has 9 nitrogen and oxygen atoms in total. The van der Waals surface area contributed by atoms with Crippen molar-refractivity contribution in [1.29, 1.82) is 0 Å². The Morgan fingerprint density at radius 3 is 2.37 bits per heavy atom. The van der Waals surface area contributed by atoms with E-state index in [1.165, 1.54) is 23.4 Å². The van der Waals surface area contributed by atoms with Gasteiger partial charge in [-0.15, -0.1) is 0 Å². The third-order valence-electron chi connectivity index (χ3n) is 5.76. The lowest BCUT2D eigenvalue weighted by atomic mass is 10.1. The molecule has 0 saturated heterocycles. The number of methoxy groups -OCH3 is 1. The summed E-state index contributed by atoms with van der Waals surface area (Å²) in [6.45, 7) is 2.44. The summed E-state index contributed by atoms with van der Waals surface area (Å²) in [5.74, 6) is 0.685. The van der Waals surface area contributed by atoms with Gasteiger partial charge in [-0.25, -0.2) is 9.78 Å². The van der Waals surface area contributed by atoms with Crippen molar-refractivity contribution < 1.29 is 9.53 Å². The van der Waals surface area contributed by atoms with E-state index in [2.05, 4.69) is 10.3 Å². The minimum Gasteiger partial charge on any atom is -0.497 e. The van der Waals surface area contributed by atoms with E-state index in [9.17, 15) is 14.4 Å². The van der Waals surface area contributed by atoms with Gasteiger partial charge in [0.1, 0.15) is 5.75 Å². The van der Waals surface area contributed by atoms with Crippen molar-refractivity contribution in [2.75, 3.05) is 18.2 Å². The Kier molecular flexibility index (Phi) is 7.11. The number of thioether (sulfide) groups is 1. The highest BCUT2D eigenvalue weighted by atomic mass is 32.2. The van der Waals surface area contributed by atoms with E-state index < -0.39 is 11.2 Å². The number of hydrogen-bond acceptors (Lipinski definition) is 6. The number of anilines is 1. The van der Waals surface area contributed by atoms with Gasteiger partial charge in [-0.3, -0.25) is 18.7 Å². The lowest BCUT2D eigenvalue weighted by molar-refractivity contribution is -0.113. The summed E-state index contributed by atoms with van der Waals surface area (Å²) in [6, 6.07) is 15.3. The van der Waals surface area contributed by atoms with Crippen molar-refractivity contribution in [3.05, 3.63) is 80.5 Å². The van der Waals surface area contributed by atoms with Crippen LogP contribution in [0.4, 0.5) is 5.69 Å². The maximum Gasteiger partial charge on any atom is 0.332 e. The van der Waals surface area contributed by atoms with Crippen molar-refractivity contribution in [3.63, 3.8) is 0 Å². The summed E-state index contributed by atoms with van der Waals surface area (Å²) in [7, 11) is 4.65. The molecule has 1 N–H and O–H groups in total. The largest absolute Gasteiger partial charge is 0.497 e. The van der Waals surface area contributed by atoms with Gasteiger partial charge in [-0.2, -0.15) is 0 Å². The first-order chi connectivity index (χ1) is 16.8. The van der Waals surface area contributed by atoms with Crippen LogP contribution in [-0.4, -0.2) is 37.5 Å². The van der Waals surface area contributed by atoms with E-state index in [1.54, 1.807) is 18.7 Å². The van der Waals surface area contributed by atoms with Gasteiger partial charge in [-0.1, -0.05) is 41.6 Å². The van der Waals surface area contributed by atoms with E-state index in [0.717, 1.165) is 21.4 Å². The van der Waals surface area contributed by atoms with Gasteiger partial charge in [0.25, 0.3) is 5.56 Å². The van der Waals surface area contributed by atoms with E-state index in [-0.39, 0.29) is 11.7 Å². The number of nitrogens with zero attached hydrogens (tertiary/aromatic N) is 4. The van der Waals surface area contributed by atoms with Gasteiger partial charge < -0.3 is 14.6 Å². The number of carbonyl (C=O) groups excluding carboxylic acids is 1. The predicted octanol–water partition coefficient (Wildman–Crippen LogP) is 2.72. The fraction of sp³-hybridized carbons (Fsp3) is 0.280. The summed E-state index contributed by atoms with van der Waals surface area (Å²) in [5.41, 5.74) is 2.65. The van der Waals surface area contributed by atoms with E-state index in [4.69, 9.17) is 4.74 Å². The fourth-order valence-corrected chi connectivity index (χ4v) is 4.56. The third-order valence-corrected chi connectivity index (χ3v) is 6.74. The molecule has 2 aromatic heterocycles. The summed E-state index contributed by atoms with van der Waals surface area (Å²) in [6.07, 6.45) is 0.630. The Hall–Kier alpha value is -3.79. The van der Waals surface area contributed by atoms with E-state index in [1.807, 2.05) is 55.5 Å². The molecule has 4 aromatic rings. The smallest absolute Gasteiger partial charge is 0.332 e. The highest BCUT2D eigenvalue weighted by Gasteiger charge is 2.20. The van der Waals surface area contributed by atoms with Gasteiger partial charge in [0.05, 0.1) is 12.9 Å². The Morgan fingerprint density at radius 2 is 1.71 bits per heavy atom. The highest BCUT2D eigenvalue weighted by Crippen LogP contribution is 2.23. The molecule has 1 amide bonds. The average Bonchev–Trinajstić information content (AvgIpc) is 3.24. The first-order valence-electron chi connectivity index (χ1n) is 11.1. The average molecular weight is 494 g/mol. The molecule has 10 heteroatoms. The molecule has 0 aliphatic heterocycles. The second-order valence-corrected chi connectivity index (χ2v) is 9.17. The van der Waals surface area contributed by atoms with Gasteiger partial charge in [0.15, 0.2) is 16.3 Å². The number of carbonyl (C=O) groups is 1. The predicted molar refractivity (Wildman–Crippen MR) is 137 cm³/mol. The first-order valence-corrected chi connectivity index (χ1v) is 12.1. The number of benzene rings is 2. The molecule has 0 aliphatic rings. The first kappa shape index (κ1) is 24.3. The molecule has 0 aliphatic carbocycles. The Labute approximate surface area is 206 Å². The van der Waals surface area contributed by atoms with Crippen molar-refractivity contribution in [3.8, 4) is 5.75 Å². The van der Waals surface area contributed by atoms with Gasteiger partial charge in [0.2, 0.25) is 5.91 Å². The molecular formula is C25H27N5O4S. The van der Waals surface area contributed by atoms with Crippen LogP contribution in [0.1, 0.15) is 11.1 Å². The van der Waals surface area contributed by atoms with E-state index >= 15 is 0 Å². The second kappa shape index (κ2) is 10.2. The summed E-state index contributed by atoms with van der Waals surface area (Å²) >= 11 is 1.23. The van der Waals surface area contributed by atoms with Crippen LogP contribution < -0.4 is 21.3 Å². The molecule has 0 spiro atoms. The number of aromatic nitrogens is 4. The Balaban J connectivity index is 1.63. The number of imidazole rings is 1. The highest BCUT2D eigenvalue weighted by molar-refractivity contribution is 7.99. The topological polar surface area (TPSA) is 100 Å². The van der Waals surface area contributed by atoms with Gasteiger partial charge in [-0.05, 0) is 43.2 Å². The quantitative estimate of drug-likeness (QED) is 0.379. The number of aryl methyl sites for hydroxylation is 4. The molecular weight excluding hydrogens is 466 g/mol. The van der Waals surface area contributed by atoms with Crippen LogP contribution in [0.3, 0.4) is 0 Å². The fourth-order valence-electron chi connectivity index (χ4n) is 3.74. The molecule has 0 fully saturated rings. The molecule has 4 rings (SSSR count). The van der Waals surface area contributed by atoms with Crippen molar-refractivity contribution in [1.82, 2.24) is 18.7 Å². The summed E-state index contributed by atoms with van der Waals surface area (Å²) in [4.78, 5) is 42.6. The number of fused-ring (bicyclic) bond motifs is 1. The SMILES string of the molecule is COc1ccc(CCn2c(SCC(=O)Nc3ccc(C)cc3)nc3c2c(=O)n(C)c(=O)n3C)cc1. The number of ether oxygens (including phenoxy) is 1. The Morgan fingerprint density at radius 1 is 1.03 bits per heavy atom. The molecule has 2 heterocycles. The number of nitrogens with one attached hydrogen (secondary N) is 1. The zero-order valence-corrected chi connectivity index (χ0v) is 20.9. The summed E-state index contributed by atoms with van der Waals surface area (Å²) in [5, 5.41) is 3.38. The van der Waals surface area contributed by atoms with Crippen molar-refractivity contribution >= 4 is 34.5 Å². The lowest BCUT2D eigenvalue weighted by Crippen LogP contribution is -2.37. The minimum absolute atomic E-state index is 0.105. The molecule has 0 atom stereocenters. The van der Waals surface area contributed by atoms with Crippen LogP contribution in [0.2, 0.25) is 0 Å². The van der Waals surface area contributed by atoms with Crippen LogP contribution in [0, 0.1) is 6.92 Å². The monoisotopic (exact) mass is 493 g/mol. The molecule has 0 bridgehead atoms. The number of hydrogen-bond donors (Lipinski definition) is 1. The van der Waals surface area contributed by atoms with Crippen LogP contribution >= 0.6 is 11.8 Å². The molecule has 0 radical (unpaired) electrons. The van der Waals surface area contributed by atoms with E-state index in [0.29, 0.717) is 35.0 Å². The number of amides is 1. The molecule has 0 saturated carbocycles.